The Hall–Kier alpha value is -3.68. The molecule has 0 unspecified atom stereocenters. The third-order valence-corrected chi connectivity index (χ3v) is 4.36. The molecule has 0 saturated carbocycles. The number of benzene rings is 2. The predicted octanol–water partition coefficient (Wildman–Crippen LogP) is 3.98. The Balaban J connectivity index is 2.10. The second-order valence-corrected chi connectivity index (χ2v) is 6.09. The fourth-order valence-corrected chi connectivity index (χ4v) is 2.92. The van der Waals surface area contributed by atoms with Gasteiger partial charge in [-0.25, -0.2) is 8.78 Å². The van der Waals surface area contributed by atoms with Crippen molar-refractivity contribution in [3.05, 3.63) is 65.4 Å². The number of phenols is 1. The van der Waals surface area contributed by atoms with Crippen LogP contribution in [0, 0.1) is 11.6 Å². The first kappa shape index (κ1) is 20.1. The molecule has 0 fully saturated rings. The number of aryl methyl sites for hydroxylation is 1. The van der Waals surface area contributed by atoms with Crippen LogP contribution in [0.4, 0.5) is 8.78 Å². The predicted molar refractivity (Wildman–Crippen MR) is 103 cm³/mol. The molecule has 0 aliphatic heterocycles. The number of aromatic nitrogens is 2. The summed E-state index contributed by atoms with van der Waals surface area (Å²) in [6, 6.07) is 6.40. The minimum atomic E-state index is -1.03. The molecule has 1 heterocycles. The number of rotatable bonds is 6. The summed E-state index contributed by atoms with van der Waals surface area (Å²) in [4.78, 5) is 12.8. The molecule has 0 aliphatic carbocycles. The van der Waals surface area contributed by atoms with Gasteiger partial charge in [0.25, 0.3) is 0 Å². The highest BCUT2D eigenvalue weighted by atomic mass is 19.2. The molecular formula is C21H18F2N2O4. The van der Waals surface area contributed by atoms with E-state index in [4.69, 9.17) is 9.47 Å². The van der Waals surface area contributed by atoms with Gasteiger partial charge in [-0.2, -0.15) is 5.10 Å². The van der Waals surface area contributed by atoms with E-state index in [9.17, 15) is 18.7 Å². The van der Waals surface area contributed by atoms with Gasteiger partial charge in [-0.15, -0.1) is 0 Å². The van der Waals surface area contributed by atoms with Gasteiger partial charge in [0, 0.05) is 19.3 Å². The standard InChI is InChI=1S/C21H18F2N2O4/c1-25-15(8-9-24-25)19-17(28-2)11-18(29-3)20(21(19)27)16(26)7-5-12-4-6-13(22)14(23)10-12/h4-11,27H,1-3H3/b7-5+. The van der Waals surface area contributed by atoms with E-state index in [1.54, 1.807) is 19.3 Å². The van der Waals surface area contributed by atoms with Crippen molar-refractivity contribution in [3.8, 4) is 28.5 Å². The van der Waals surface area contributed by atoms with E-state index in [1.165, 1.54) is 37.1 Å². The fraction of sp³-hybridized carbons (Fsp3) is 0.143. The van der Waals surface area contributed by atoms with Crippen LogP contribution in [0.2, 0.25) is 0 Å². The monoisotopic (exact) mass is 400 g/mol. The molecule has 0 bridgehead atoms. The van der Waals surface area contributed by atoms with Crippen LogP contribution < -0.4 is 9.47 Å². The van der Waals surface area contributed by atoms with E-state index in [-0.39, 0.29) is 28.2 Å². The number of aromatic hydroxyl groups is 1. The van der Waals surface area contributed by atoms with Crippen LogP contribution in [0.15, 0.2) is 42.6 Å². The zero-order chi connectivity index (χ0) is 21.1. The number of halogens is 2. The van der Waals surface area contributed by atoms with Gasteiger partial charge in [-0.3, -0.25) is 9.48 Å². The van der Waals surface area contributed by atoms with Gasteiger partial charge in [0.15, 0.2) is 17.4 Å². The highest BCUT2D eigenvalue weighted by molar-refractivity contribution is 6.12. The summed E-state index contributed by atoms with van der Waals surface area (Å²) in [5, 5.41) is 15.0. The van der Waals surface area contributed by atoms with Crippen molar-refractivity contribution >= 4 is 11.9 Å². The molecule has 0 atom stereocenters. The second-order valence-electron chi connectivity index (χ2n) is 6.09. The quantitative estimate of drug-likeness (QED) is 0.500. The average Bonchev–Trinajstić information content (AvgIpc) is 3.13. The number of phenolic OH excluding ortho intramolecular Hbond substituents is 1. The second kappa shape index (κ2) is 8.14. The van der Waals surface area contributed by atoms with E-state index in [2.05, 4.69) is 5.10 Å². The Kier molecular flexibility index (Phi) is 5.63. The van der Waals surface area contributed by atoms with Gasteiger partial charge >= 0.3 is 0 Å². The zero-order valence-corrected chi connectivity index (χ0v) is 15.9. The number of ether oxygens (including phenoxy) is 2. The topological polar surface area (TPSA) is 73.6 Å². The molecule has 3 aromatic rings. The Bertz CT molecular complexity index is 1110. The van der Waals surface area contributed by atoms with Gasteiger partial charge in [0.05, 0.1) is 25.5 Å². The van der Waals surface area contributed by atoms with E-state index in [0.717, 1.165) is 18.2 Å². The fourth-order valence-electron chi connectivity index (χ4n) is 2.92. The third-order valence-electron chi connectivity index (χ3n) is 4.36. The minimum Gasteiger partial charge on any atom is -0.506 e. The van der Waals surface area contributed by atoms with Gasteiger partial charge in [-0.1, -0.05) is 12.1 Å². The Morgan fingerprint density at radius 2 is 1.83 bits per heavy atom. The summed E-state index contributed by atoms with van der Waals surface area (Å²) in [7, 11) is 4.47. The maximum Gasteiger partial charge on any atom is 0.193 e. The first-order chi connectivity index (χ1) is 13.9. The summed E-state index contributed by atoms with van der Waals surface area (Å²) in [5.74, 6) is -2.54. The number of ketones is 1. The Morgan fingerprint density at radius 3 is 2.41 bits per heavy atom. The van der Waals surface area contributed by atoms with Crippen LogP contribution in [-0.4, -0.2) is 34.9 Å². The van der Waals surface area contributed by atoms with Crippen molar-refractivity contribution in [2.45, 2.75) is 0 Å². The van der Waals surface area contributed by atoms with Crippen LogP contribution in [-0.2, 0) is 7.05 Å². The number of hydrogen-bond donors (Lipinski definition) is 1. The number of methoxy groups -OCH3 is 2. The van der Waals surface area contributed by atoms with E-state index in [1.807, 2.05) is 0 Å². The number of carbonyl (C=O) groups is 1. The van der Waals surface area contributed by atoms with Crippen LogP contribution in [0.3, 0.4) is 0 Å². The lowest BCUT2D eigenvalue weighted by molar-refractivity contribution is 0.104. The number of hydrogen-bond acceptors (Lipinski definition) is 5. The molecule has 6 nitrogen and oxygen atoms in total. The Labute approximate surface area is 165 Å². The lowest BCUT2D eigenvalue weighted by Crippen LogP contribution is -2.04. The largest absolute Gasteiger partial charge is 0.506 e. The van der Waals surface area contributed by atoms with Gasteiger partial charge < -0.3 is 14.6 Å². The van der Waals surface area contributed by atoms with Gasteiger partial charge in [0.2, 0.25) is 0 Å². The summed E-state index contributed by atoms with van der Waals surface area (Å²) in [6.07, 6.45) is 4.00. The van der Waals surface area contributed by atoms with Crippen LogP contribution >= 0.6 is 0 Å². The lowest BCUT2D eigenvalue weighted by atomic mass is 9.99. The average molecular weight is 400 g/mol. The Morgan fingerprint density at radius 1 is 1.10 bits per heavy atom. The van der Waals surface area contributed by atoms with Crippen LogP contribution in [0.5, 0.6) is 17.2 Å². The van der Waals surface area contributed by atoms with E-state index >= 15 is 0 Å². The SMILES string of the molecule is COc1cc(OC)c(-c2ccnn2C)c(O)c1C(=O)/C=C/c1ccc(F)c(F)c1. The molecular weight excluding hydrogens is 382 g/mol. The minimum absolute atomic E-state index is 0.0941. The molecule has 0 spiro atoms. The molecule has 0 amide bonds. The molecule has 0 aliphatic rings. The van der Waals surface area contributed by atoms with Crippen LogP contribution in [0.1, 0.15) is 15.9 Å². The molecule has 2 aromatic carbocycles. The normalized spacial score (nSPS) is 11.1. The van der Waals surface area contributed by atoms with Crippen molar-refractivity contribution in [2.75, 3.05) is 14.2 Å². The zero-order valence-electron chi connectivity index (χ0n) is 15.9. The molecule has 0 saturated heterocycles. The molecule has 0 radical (unpaired) electrons. The molecule has 1 aromatic heterocycles. The van der Waals surface area contributed by atoms with Crippen LogP contribution in [0.25, 0.3) is 17.3 Å². The smallest absolute Gasteiger partial charge is 0.193 e. The highest BCUT2D eigenvalue weighted by Gasteiger charge is 2.25. The number of carbonyl (C=O) groups excluding carboxylic acids is 1. The van der Waals surface area contributed by atoms with Crippen molar-refractivity contribution in [2.24, 2.45) is 7.05 Å². The van der Waals surface area contributed by atoms with Crippen molar-refractivity contribution in [1.29, 1.82) is 0 Å². The molecule has 8 heteroatoms. The van der Waals surface area contributed by atoms with Crippen molar-refractivity contribution < 1.29 is 28.2 Å². The van der Waals surface area contributed by atoms with Gasteiger partial charge in [0.1, 0.15) is 22.8 Å². The van der Waals surface area contributed by atoms with Crippen molar-refractivity contribution in [1.82, 2.24) is 9.78 Å². The lowest BCUT2D eigenvalue weighted by Gasteiger charge is -2.16. The highest BCUT2D eigenvalue weighted by Crippen LogP contribution is 2.44. The molecule has 3 rings (SSSR count). The maximum atomic E-state index is 13.4. The maximum absolute atomic E-state index is 13.4. The molecule has 1 N–H and O–H groups in total. The summed E-state index contributed by atoms with van der Waals surface area (Å²) < 4.78 is 38.6. The first-order valence-corrected chi connectivity index (χ1v) is 8.51. The van der Waals surface area contributed by atoms with Gasteiger partial charge in [-0.05, 0) is 29.8 Å². The number of allylic oxidation sites excluding steroid dienone is 1. The summed E-state index contributed by atoms with van der Waals surface area (Å²) in [5.41, 5.74) is 0.998. The first-order valence-electron chi connectivity index (χ1n) is 8.51. The third kappa shape index (κ3) is 3.82. The summed E-state index contributed by atoms with van der Waals surface area (Å²) >= 11 is 0. The van der Waals surface area contributed by atoms with Crippen molar-refractivity contribution in [3.63, 3.8) is 0 Å². The molecule has 29 heavy (non-hydrogen) atoms. The van der Waals surface area contributed by atoms with E-state index < -0.39 is 17.4 Å². The number of nitrogens with zero attached hydrogens (tertiary/aromatic N) is 2. The molecule has 150 valence electrons. The summed E-state index contributed by atoms with van der Waals surface area (Å²) in [6.45, 7) is 0. The van der Waals surface area contributed by atoms with E-state index in [0.29, 0.717) is 11.4 Å².